The van der Waals surface area contributed by atoms with Crippen molar-refractivity contribution >= 4 is 11.3 Å². The standard InChI is InChI=1S/C11H13N3S/c12-10(8-11-14-5-6-15-11)7-9-1-3-13-4-2-9/h1-6,10H,7-8,12H2. The van der Waals surface area contributed by atoms with Crippen LogP contribution in [0.5, 0.6) is 0 Å². The number of aromatic nitrogens is 2. The molecule has 0 aliphatic carbocycles. The van der Waals surface area contributed by atoms with Crippen molar-refractivity contribution in [3.8, 4) is 0 Å². The van der Waals surface area contributed by atoms with Crippen molar-refractivity contribution in [1.82, 2.24) is 9.97 Å². The lowest BCUT2D eigenvalue weighted by molar-refractivity contribution is 0.662. The molecule has 1 atom stereocenters. The van der Waals surface area contributed by atoms with Crippen LogP contribution < -0.4 is 5.73 Å². The highest BCUT2D eigenvalue weighted by Gasteiger charge is 2.06. The number of rotatable bonds is 4. The zero-order valence-corrected chi connectivity index (χ0v) is 9.15. The van der Waals surface area contributed by atoms with Gasteiger partial charge in [-0.2, -0.15) is 0 Å². The second-order valence-electron chi connectivity index (χ2n) is 3.45. The van der Waals surface area contributed by atoms with E-state index in [1.54, 1.807) is 23.7 Å². The zero-order chi connectivity index (χ0) is 10.5. The monoisotopic (exact) mass is 219 g/mol. The summed E-state index contributed by atoms with van der Waals surface area (Å²) in [5.74, 6) is 0. The van der Waals surface area contributed by atoms with Gasteiger partial charge in [-0.3, -0.25) is 4.98 Å². The molecule has 2 heterocycles. The van der Waals surface area contributed by atoms with Gasteiger partial charge in [-0.05, 0) is 24.1 Å². The summed E-state index contributed by atoms with van der Waals surface area (Å²) in [6.07, 6.45) is 7.14. The second kappa shape index (κ2) is 5.00. The number of hydrogen-bond donors (Lipinski definition) is 1. The lowest BCUT2D eigenvalue weighted by Gasteiger charge is -2.09. The number of hydrogen-bond acceptors (Lipinski definition) is 4. The Morgan fingerprint density at radius 1 is 1.20 bits per heavy atom. The Balaban J connectivity index is 1.90. The van der Waals surface area contributed by atoms with Gasteiger partial charge in [0.2, 0.25) is 0 Å². The molecule has 4 heteroatoms. The normalized spacial score (nSPS) is 12.6. The van der Waals surface area contributed by atoms with Gasteiger partial charge in [-0.25, -0.2) is 4.98 Å². The van der Waals surface area contributed by atoms with Crippen LogP contribution in [-0.4, -0.2) is 16.0 Å². The van der Waals surface area contributed by atoms with Crippen LogP contribution in [-0.2, 0) is 12.8 Å². The molecule has 1 unspecified atom stereocenters. The fourth-order valence-corrected chi connectivity index (χ4v) is 2.18. The summed E-state index contributed by atoms with van der Waals surface area (Å²) in [4.78, 5) is 8.20. The van der Waals surface area contributed by atoms with Gasteiger partial charge in [-0.1, -0.05) is 0 Å². The molecule has 0 aliphatic heterocycles. The quantitative estimate of drug-likeness (QED) is 0.850. The fourth-order valence-electron chi connectivity index (χ4n) is 1.47. The Hall–Kier alpha value is -1.26. The first-order valence-corrected chi connectivity index (χ1v) is 5.75. The first-order valence-electron chi connectivity index (χ1n) is 4.87. The molecular formula is C11H13N3S. The largest absolute Gasteiger partial charge is 0.327 e. The number of thiazole rings is 1. The molecular weight excluding hydrogens is 206 g/mol. The highest BCUT2D eigenvalue weighted by molar-refractivity contribution is 7.09. The van der Waals surface area contributed by atoms with Gasteiger partial charge in [0.25, 0.3) is 0 Å². The van der Waals surface area contributed by atoms with Gasteiger partial charge in [0.1, 0.15) is 0 Å². The molecule has 0 aromatic carbocycles. The zero-order valence-electron chi connectivity index (χ0n) is 8.34. The van der Waals surface area contributed by atoms with Crippen molar-refractivity contribution in [1.29, 1.82) is 0 Å². The van der Waals surface area contributed by atoms with Crippen molar-refractivity contribution in [3.63, 3.8) is 0 Å². The van der Waals surface area contributed by atoms with Crippen molar-refractivity contribution in [2.45, 2.75) is 18.9 Å². The Morgan fingerprint density at radius 2 is 2.00 bits per heavy atom. The van der Waals surface area contributed by atoms with Crippen LogP contribution in [0.2, 0.25) is 0 Å². The summed E-state index contributed by atoms with van der Waals surface area (Å²) in [6, 6.07) is 4.14. The minimum atomic E-state index is 0.138. The van der Waals surface area contributed by atoms with E-state index in [0.29, 0.717) is 0 Å². The predicted octanol–water partition coefficient (Wildman–Crippen LogP) is 1.65. The van der Waals surface area contributed by atoms with Crippen LogP contribution in [0.4, 0.5) is 0 Å². The lowest BCUT2D eigenvalue weighted by atomic mass is 10.1. The molecule has 0 radical (unpaired) electrons. The van der Waals surface area contributed by atoms with E-state index < -0.39 is 0 Å². The molecule has 0 bridgehead atoms. The lowest BCUT2D eigenvalue weighted by Crippen LogP contribution is -2.25. The maximum absolute atomic E-state index is 6.04. The maximum Gasteiger partial charge on any atom is 0.0940 e. The number of nitrogens with two attached hydrogens (primary N) is 1. The minimum Gasteiger partial charge on any atom is -0.327 e. The Labute approximate surface area is 93.0 Å². The summed E-state index contributed by atoms with van der Waals surface area (Å²) in [6.45, 7) is 0. The van der Waals surface area contributed by atoms with Gasteiger partial charge in [0.15, 0.2) is 0 Å². The van der Waals surface area contributed by atoms with Crippen LogP contribution in [0.15, 0.2) is 36.1 Å². The van der Waals surface area contributed by atoms with Crippen LogP contribution >= 0.6 is 11.3 Å². The van der Waals surface area contributed by atoms with Crippen LogP contribution in [0.25, 0.3) is 0 Å². The fraction of sp³-hybridized carbons (Fsp3) is 0.273. The number of pyridine rings is 1. The van der Waals surface area contributed by atoms with E-state index in [4.69, 9.17) is 5.73 Å². The third-order valence-corrected chi connectivity index (χ3v) is 2.97. The molecule has 2 aromatic rings. The molecule has 0 saturated heterocycles. The number of nitrogens with zero attached hydrogens (tertiary/aromatic N) is 2. The highest BCUT2D eigenvalue weighted by atomic mass is 32.1. The average molecular weight is 219 g/mol. The molecule has 78 valence electrons. The Bertz CT molecular complexity index is 385. The summed E-state index contributed by atoms with van der Waals surface area (Å²) in [5.41, 5.74) is 7.27. The van der Waals surface area contributed by atoms with Gasteiger partial charge in [-0.15, -0.1) is 11.3 Å². The summed E-state index contributed by atoms with van der Waals surface area (Å²) >= 11 is 1.66. The molecule has 0 fully saturated rings. The summed E-state index contributed by atoms with van der Waals surface area (Å²) in [5, 5.41) is 3.09. The van der Waals surface area contributed by atoms with E-state index in [9.17, 15) is 0 Å². The van der Waals surface area contributed by atoms with Crippen LogP contribution in [0, 0.1) is 0 Å². The second-order valence-corrected chi connectivity index (χ2v) is 4.43. The van der Waals surface area contributed by atoms with E-state index in [-0.39, 0.29) is 6.04 Å². The van der Waals surface area contributed by atoms with E-state index >= 15 is 0 Å². The van der Waals surface area contributed by atoms with Crippen molar-refractivity contribution in [3.05, 3.63) is 46.7 Å². The third-order valence-electron chi connectivity index (χ3n) is 2.17. The van der Waals surface area contributed by atoms with Crippen molar-refractivity contribution < 1.29 is 0 Å². The topological polar surface area (TPSA) is 51.8 Å². The van der Waals surface area contributed by atoms with Gasteiger partial charge < -0.3 is 5.73 Å². The Morgan fingerprint density at radius 3 is 2.67 bits per heavy atom. The molecule has 15 heavy (non-hydrogen) atoms. The van der Waals surface area contributed by atoms with E-state index in [1.165, 1.54) is 5.56 Å². The van der Waals surface area contributed by atoms with Crippen molar-refractivity contribution in [2.24, 2.45) is 5.73 Å². The van der Waals surface area contributed by atoms with E-state index in [2.05, 4.69) is 9.97 Å². The molecule has 0 amide bonds. The third kappa shape index (κ3) is 3.11. The smallest absolute Gasteiger partial charge is 0.0940 e. The minimum absolute atomic E-state index is 0.138. The van der Waals surface area contributed by atoms with Crippen LogP contribution in [0.1, 0.15) is 10.6 Å². The van der Waals surface area contributed by atoms with Crippen LogP contribution in [0.3, 0.4) is 0 Å². The van der Waals surface area contributed by atoms with Gasteiger partial charge in [0.05, 0.1) is 5.01 Å². The van der Waals surface area contributed by atoms with Gasteiger partial charge in [0, 0.05) is 36.4 Å². The average Bonchev–Trinajstić information content (AvgIpc) is 2.71. The first kappa shape index (κ1) is 10.3. The molecule has 3 nitrogen and oxygen atoms in total. The SMILES string of the molecule is NC(Cc1ccncc1)Cc1nccs1. The van der Waals surface area contributed by atoms with E-state index in [0.717, 1.165) is 17.8 Å². The molecule has 2 aromatic heterocycles. The summed E-state index contributed by atoms with van der Waals surface area (Å²) in [7, 11) is 0. The molecule has 0 aliphatic rings. The molecule has 0 spiro atoms. The Kier molecular flexibility index (Phi) is 3.42. The summed E-state index contributed by atoms with van der Waals surface area (Å²) < 4.78 is 0. The van der Waals surface area contributed by atoms with Gasteiger partial charge >= 0.3 is 0 Å². The first-order chi connectivity index (χ1) is 7.34. The van der Waals surface area contributed by atoms with E-state index in [1.807, 2.05) is 23.7 Å². The highest BCUT2D eigenvalue weighted by Crippen LogP contribution is 2.09. The molecule has 0 saturated carbocycles. The van der Waals surface area contributed by atoms with Crippen molar-refractivity contribution in [2.75, 3.05) is 0 Å². The molecule has 2 N–H and O–H groups in total. The maximum atomic E-state index is 6.04. The molecule has 2 rings (SSSR count). The predicted molar refractivity (Wildman–Crippen MR) is 61.7 cm³/mol.